The second kappa shape index (κ2) is 4.26. The van der Waals surface area contributed by atoms with E-state index in [2.05, 4.69) is 5.32 Å². The number of aryl methyl sites for hydroxylation is 1. The molecule has 0 radical (unpaired) electrons. The molecule has 1 aromatic carbocycles. The van der Waals surface area contributed by atoms with E-state index in [1.807, 2.05) is 19.1 Å². The van der Waals surface area contributed by atoms with Crippen LogP contribution in [0.4, 0.5) is 11.4 Å². The van der Waals surface area contributed by atoms with Crippen molar-refractivity contribution in [2.45, 2.75) is 38.6 Å². The number of fused-ring (bicyclic) bond motifs is 2. The summed E-state index contributed by atoms with van der Waals surface area (Å²) in [7, 11) is 0. The molecule has 3 atom stereocenters. The number of hydrogen-bond donors (Lipinski definition) is 1. The van der Waals surface area contributed by atoms with E-state index in [0.717, 1.165) is 17.4 Å². The van der Waals surface area contributed by atoms with Gasteiger partial charge in [0, 0.05) is 12.1 Å². The Morgan fingerprint density at radius 3 is 2.78 bits per heavy atom. The highest BCUT2D eigenvalue weighted by atomic mass is 16.6. The minimum absolute atomic E-state index is 0.206. The molecule has 1 aromatic rings. The van der Waals surface area contributed by atoms with Crippen LogP contribution in [0.1, 0.15) is 31.2 Å². The zero-order valence-electron chi connectivity index (χ0n) is 10.6. The number of nitrogens with zero attached hydrogens (tertiary/aromatic N) is 1. The zero-order valence-corrected chi connectivity index (χ0v) is 10.6. The highest BCUT2D eigenvalue weighted by Crippen LogP contribution is 2.46. The van der Waals surface area contributed by atoms with Gasteiger partial charge in [0.1, 0.15) is 5.69 Å². The van der Waals surface area contributed by atoms with Crippen molar-refractivity contribution >= 4 is 11.4 Å². The van der Waals surface area contributed by atoms with Crippen LogP contribution in [-0.2, 0) is 0 Å². The van der Waals surface area contributed by atoms with E-state index in [1.54, 1.807) is 6.07 Å². The van der Waals surface area contributed by atoms with E-state index in [0.29, 0.717) is 11.7 Å². The van der Waals surface area contributed by atoms with Gasteiger partial charge in [-0.3, -0.25) is 10.1 Å². The molecular weight excluding hydrogens is 228 g/mol. The van der Waals surface area contributed by atoms with Crippen molar-refractivity contribution in [1.29, 1.82) is 0 Å². The summed E-state index contributed by atoms with van der Waals surface area (Å²) in [6.45, 7) is 1.88. The lowest BCUT2D eigenvalue weighted by Crippen LogP contribution is -2.26. The van der Waals surface area contributed by atoms with Gasteiger partial charge in [-0.15, -0.1) is 0 Å². The molecule has 3 rings (SSSR count). The van der Waals surface area contributed by atoms with Gasteiger partial charge in [0.05, 0.1) is 4.92 Å². The molecule has 2 saturated carbocycles. The molecular formula is C14H18N2O2. The van der Waals surface area contributed by atoms with E-state index in [1.165, 1.54) is 25.7 Å². The highest BCUT2D eigenvalue weighted by Gasteiger charge is 2.39. The number of anilines is 1. The number of hydrogen-bond acceptors (Lipinski definition) is 3. The van der Waals surface area contributed by atoms with Crippen molar-refractivity contribution in [3.63, 3.8) is 0 Å². The lowest BCUT2D eigenvalue weighted by Gasteiger charge is -2.23. The lowest BCUT2D eigenvalue weighted by atomic mass is 9.95. The molecule has 2 fully saturated rings. The molecule has 0 aliphatic heterocycles. The van der Waals surface area contributed by atoms with E-state index in [-0.39, 0.29) is 10.6 Å². The van der Waals surface area contributed by atoms with Crippen LogP contribution in [-0.4, -0.2) is 11.0 Å². The standard InChI is InChI=1S/C14H18N2O2/c1-9-2-5-12(14(6-9)16(17)18)15-13-8-10-3-4-11(13)7-10/h2,5-6,10-11,13,15H,3-4,7-8H2,1H3. The summed E-state index contributed by atoms with van der Waals surface area (Å²) in [5.41, 5.74) is 1.82. The fourth-order valence-corrected chi connectivity index (χ4v) is 3.54. The number of nitro groups is 1. The van der Waals surface area contributed by atoms with Gasteiger partial charge in [0.15, 0.2) is 0 Å². The third-order valence-corrected chi connectivity index (χ3v) is 4.43. The SMILES string of the molecule is Cc1ccc(NC2CC3CCC2C3)c([N+](=O)[O-])c1. The molecule has 2 aliphatic carbocycles. The highest BCUT2D eigenvalue weighted by molar-refractivity contribution is 5.63. The summed E-state index contributed by atoms with van der Waals surface area (Å²) < 4.78 is 0. The number of benzene rings is 1. The van der Waals surface area contributed by atoms with Gasteiger partial charge in [-0.05, 0) is 49.7 Å². The topological polar surface area (TPSA) is 55.2 Å². The Bertz CT molecular complexity index is 487. The molecule has 96 valence electrons. The molecule has 4 heteroatoms. The van der Waals surface area contributed by atoms with Crippen molar-refractivity contribution < 1.29 is 4.92 Å². The normalized spacial score (nSPS) is 29.5. The predicted molar refractivity (Wildman–Crippen MR) is 70.7 cm³/mol. The Kier molecular flexibility index (Phi) is 2.73. The monoisotopic (exact) mass is 246 g/mol. The number of rotatable bonds is 3. The van der Waals surface area contributed by atoms with Gasteiger partial charge < -0.3 is 5.32 Å². The Morgan fingerprint density at radius 2 is 2.17 bits per heavy atom. The van der Waals surface area contributed by atoms with Gasteiger partial charge in [0.2, 0.25) is 0 Å². The van der Waals surface area contributed by atoms with Gasteiger partial charge in [-0.25, -0.2) is 0 Å². The third kappa shape index (κ3) is 1.96. The average Bonchev–Trinajstić information content (AvgIpc) is 2.93. The summed E-state index contributed by atoms with van der Waals surface area (Å²) >= 11 is 0. The van der Waals surface area contributed by atoms with E-state index >= 15 is 0 Å². The molecule has 0 amide bonds. The summed E-state index contributed by atoms with van der Waals surface area (Å²) in [6.07, 6.45) is 5.11. The molecule has 3 unspecified atom stereocenters. The first kappa shape index (κ1) is 11.5. The predicted octanol–water partition coefficient (Wildman–Crippen LogP) is 3.50. The van der Waals surface area contributed by atoms with Crippen LogP contribution in [0.2, 0.25) is 0 Å². The molecule has 2 bridgehead atoms. The van der Waals surface area contributed by atoms with E-state index in [9.17, 15) is 10.1 Å². The van der Waals surface area contributed by atoms with Crippen molar-refractivity contribution in [3.8, 4) is 0 Å². The second-order valence-corrected chi connectivity index (χ2v) is 5.70. The van der Waals surface area contributed by atoms with Gasteiger partial charge >= 0.3 is 0 Å². The zero-order chi connectivity index (χ0) is 12.7. The van der Waals surface area contributed by atoms with Crippen LogP contribution < -0.4 is 5.32 Å². The molecule has 0 spiro atoms. The van der Waals surface area contributed by atoms with Crippen LogP contribution in [0.25, 0.3) is 0 Å². The largest absolute Gasteiger partial charge is 0.376 e. The first-order valence-electron chi connectivity index (χ1n) is 6.65. The maximum Gasteiger partial charge on any atom is 0.292 e. The molecule has 0 aromatic heterocycles. The minimum atomic E-state index is -0.289. The average molecular weight is 246 g/mol. The third-order valence-electron chi connectivity index (χ3n) is 4.43. The molecule has 4 nitrogen and oxygen atoms in total. The maximum atomic E-state index is 11.1. The first-order chi connectivity index (χ1) is 8.63. The van der Waals surface area contributed by atoms with E-state index in [4.69, 9.17) is 0 Å². The summed E-state index contributed by atoms with van der Waals surface area (Å²) in [5, 5.41) is 14.5. The summed E-state index contributed by atoms with van der Waals surface area (Å²) in [4.78, 5) is 10.8. The van der Waals surface area contributed by atoms with Crippen LogP contribution in [0.5, 0.6) is 0 Å². The van der Waals surface area contributed by atoms with E-state index < -0.39 is 0 Å². The smallest absolute Gasteiger partial charge is 0.292 e. The van der Waals surface area contributed by atoms with Crippen molar-refractivity contribution in [2.24, 2.45) is 11.8 Å². The molecule has 1 N–H and O–H groups in total. The Morgan fingerprint density at radius 1 is 1.33 bits per heavy atom. The molecule has 0 saturated heterocycles. The number of nitro benzene ring substituents is 1. The lowest BCUT2D eigenvalue weighted by molar-refractivity contribution is -0.384. The van der Waals surface area contributed by atoms with Gasteiger partial charge in [0.25, 0.3) is 5.69 Å². The maximum absolute atomic E-state index is 11.1. The van der Waals surface area contributed by atoms with Crippen LogP contribution in [0.3, 0.4) is 0 Å². The van der Waals surface area contributed by atoms with Crippen LogP contribution in [0.15, 0.2) is 18.2 Å². The Hall–Kier alpha value is -1.58. The van der Waals surface area contributed by atoms with Crippen molar-refractivity contribution in [3.05, 3.63) is 33.9 Å². The summed E-state index contributed by atoms with van der Waals surface area (Å²) in [6, 6.07) is 5.86. The van der Waals surface area contributed by atoms with Crippen molar-refractivity contribution in [2.75, 3.05) is 5.32 Å². The number of nitrogens with one attached hydrogen (secondary N) is 1. The molecule has 2 aliphatic rings. The van der Waals surface area contributed by atoms with Gasteiger partial charge in [-0.1, -0.05) is 12.5 Å². The van der Waals surface area contributed by atoms with Crippen LogP contribution in [0, 0.1) is 28.9 Å². The first-order valence-corrected chi connectivity index (χ1v) is 6.65. The molecule has 18 heavy (non-hydrogen) atoms. The Labute approximate surface area is 107 Å². The minimum Gasteiger partial charge on any atom is -0.376 e. The van der Waals surface area contributed by atoms with Crippen LogP contribution >= 0.6 is 0 Å². The quantitative estimate of drug-likeness (QED) is 0.656. The van der Waals surface area contributed by atoms with Crippen molar-refractivity contribution in [1.82, 2.24) is 0 Å². The second-order valence-electron chi connectivity index (χ2n) is 5.70. The summed E-state index contributed by atoms with van der Waals surface area (Å²) in [5.74, 6) is 1.56. The van der Waals surface area contributed by atoms with Gasteiger partial charge in [-0.2, -0.15) is 0 Å². The fraction of sp³-hybridized carbons (Fsp3) is 0.571. The molecule has 0 heterocycles. The Balaban J connectivity index is 1.82. The fourth-order valence-electron chi connectivity index (χ4n) is 3.54.